The summed E-state index contributed by atoms with van der Waals surface area (Å²) in [5.74, 6) is 0.289. The van der Waals surface area contributed by atoms with Gasteiger partial charge in [-0.1, -0.05) is 6.07 Å². The lowest BCUT2D eigenvalue weighted by molar-refractivity contribution is -0.134. The lowest BCUT2D eigenvalue weighted by Crippen LogP contribution is -2.54. The molecule has 3 heterocycles. The van der Waals surface area contributed by atoms with Gasteiger partial charge >= 0.3 is 0 Å². The van der Waals surface area contributed by atoms with Gasteiger partial charge in [0.15, 0.2) is 0 Å². The summed E-state index contributed by atoms with van der Waals surface area (Å²) < 4.78 is 0. The van der Waals surface area contributed by atoms with Crippen molar-refractivity contribution in [1.82, 2.24) is 15.1 Å². The third kappa shape index (κ3) is 2.71. The highest BCUT2D eigenvalue weighted by Crippen LogP contribution is 2.15. The third-order valence-electron chi connectivity index (χ3n) is 3.97. The molecule has 6 heteroatoms. The Labute approximate surface area is 122 Å². The molecule has 2 saturated heterocycles. The van der Waals surface area contributed by atoms with E-state index in [0.717, 1.165) is 24.3 Å². The second kappa shape index (κ2) is 5.93. The Morgan fingerprint density at radius 3 is 2.55 bits per heavy atom. The van der Waals surface area contributed by atoms with Crippen molar-refractivity contribution in [2.24, 2.45) is 0 Å². The third-order valence-corrected chi connectivity index (χ3v) is 4.83. The monoisotopic (exact) mass is 293 g/mol. The molecular weight excluding hydrogens is 274 g/mol. The molecule has 108 valence electrons. The summed E-state index contributed by atoms with van der Waals surface area (Å²) >= 11 is 1.47. The minimum absolute atomic E-state index is 0.00505. The molecule has 3 rings (SSSR count). The smallest absolute Gasteiger partial charge is 0.264 e. The molecule has 0 bridgehead atoms. The predicted octanol–water partition coefficient (Wildman–Crippen LogP) is 0.784. The Balaban J connectivity index is 1.54. The quantitative estimate of drug-likeness (QED) is 0.877. The van der Waals surface area contributed by atoms with Crippen LogP contribution in [0.2, 0.25) is 0 Å². The Bertz CT molecular complexity index is 475. The number of thiophene rings is 1. The first kappa shape index (κ1) is 13.6. The minimum atomic E-state index is -0.00505. The normalized spacial score (nSPS) is 23.1. The van der Waals surface area contributed by atoms with Crippen molar-refractivity contribution >= 4 is 23.2 Å². The second-order valence-electron chi connectivity index (χ2n) is 5.24. The lowest BCUT2D eigenvalue weighted by Gasteiger charge is -2.35. The summed E-state index contributed by atoms with van der Waals surface area (Å²) in [5.41, 5.74) is 0. The van der Waals surface area contributed by atoms with Crippen LogP contribution in [0, 0.1) is 0 Å². The summed E-state index contributed by atoms with van der Waals surface area (Å²) in [6.45, 7) is 3.50. The summed E-state index contributed by atoms with van der Waals surface area (Å²) in [5, 5.41) is 5.16. The maximum atomic E-state index is 12.3. The average molecular weight is 293 g/mol. The zero-order valence-corrected chi connectivity index (χ0v) is 12.2. The van der Waals surface area contributed by atoms with E-state index in [1.165, 1.54) is 11.3 Å². The topological polar surface area (TPSA) is 52.7 Å². The summed E-state index contributed by atoms with van der Waals surface area (Å²) in [6.07, 6.45) is 2.01. The zero-order chi connectivity index (χ0) is 13.9. The van der Waals surface area contributed by atoms with E-state index in [9.17, 15) is 9.59 Å². The van der Waals surface area contributed by atoms with Crippen LogP contribution in [0.1, 0.15) is 22.5 Å². The highest BCUT2D eigenvalue weighted by Gasteiger charge is 2.30. The van der Waals surface area contributed by atoms with Crippen LogP contribution < -0.4 is 5.32 Å². The highest BCUT2D eigenvalue weighted by atomic mass is 32.1. The van der Waals surface area contributed by atoms with Crippen LogP contribution in [0.25, 0.3) is 0 Å². The predicted molar refractivity (Wildman–Crippen MR) is 77.8 cm³/mol. The molecule has 1 N–H and O–H groups in total. The van der Waals surface area contributed by atoms with Gasteiger partial charge in [0, 0.05) is 26.2 Å². The van der Waals surface area contributed by atoms with E-state index in [1.54, 1.807) is 0 Å². The first-order valence-electron chi connectivity index (χ1n) is 7.10. The van der Waals surface area contributed by atoms with E-state index in [2.05, 4.69) is 5.32 Å². The maximum absolute atomic E-state index is 12.3. The van der Waals surface area contributed by atoms with Gasteiger partial charge in [-0.25, -0.2) is 0 Å². The zero-order valence-electron chi connectivity index (χ0n) is 11.4. The van der Waals surface area contributed by atoms with Crippen LogP contribution in [0.15, 0.2) is 17.5 Å². The number of hydrogen-bond acceptors (Lipinski definition) is 4. The Hall–Kier alpha value is -1.40. The van der Waals surface area contributed by atoms with Gasteiger partial charge in [-0.05, 0) is 30.8 Å². The van der Waals surface area contributed by atoms with E-state index < -0.39 is 0 Å². The standard InChI is InChI=1S/C14H19N3O2S/c18-13(11-3-1-5-15-11)16-6-8-17(9-7-16)14(19)12-4-2-10-20-12/h2,4,10-11,15H,1,3,5-9H2. The molecule has 1 atom stereocenters. The van der Waals surface area contributed by atoms with Gasteiger partial charge in [-0.3, -0.25) is 9.59 Å². The van der Waals surface area contributed by atoms with E-state index in [1.807, 2.05) is 27.3 Å². The van der Waals surface area contributed by atoms with Gasteiger partial charge < -0.3 is 15.1 Å². The second-order valence-corrected chi connectivity index (χ2v) is 6.19. The van der Waals surface area contributed by atoms with Crippen molar-refractivity contribution in [3.8, 4) is 0 Å². The SMILES string of the molecule is O=C(c1cccs1)N1CCN(C(=O)C2CCCN2)CC1. The molecule has 1 aromatic rings. The number of nitrogens with one attached hydrogen (secondary N) is 1. The van der Waals surface area contributed by atoms with Crippen molar-refractivity contribution in [3.63, 3.8) is 0 Å². The van der Waals surface area contributed by atoms with E-state index >= 15 is 0 Å². The molecule has 5 nitrogen and oxygen atoms in total. The molecule has 0 radical (unpaired) electrons. The number of hydrogen-bond donors (Lipinski definition) is 1. The maximum Gasteiger partial charge on any atom is 0.264 e. The van der Waals surface area contributed by atoms with Crippen molar-refractivity contribution in [2.75, 3.05) is 32.7 Å². The molecular formula is C14H19N3O2S. The number of carbonyl (C=O) groups is 2. The van der Waals surface area contributed by atoms with Gasteiger partial charge in [-0.2, -0.15) is 0 Å². The lowest BCUT2D eigenvalue weighted by atomic mass is 10.2. The molecule has 0 saturated carbocycles. The number of piperazine rings is 1. The first-order chi connectivity index (χ1) is 9.75. The van der Waals surface area contributed by atoms with Crippen LogP contribution in [0.3, 0.4) is 0 Å². The molecule has 2 fully saturated rings. The number of rotatable bonds is 2. The minimum Gasteiger partial charge on any atom is -0.338 e. The molecule has 1 aromatic heterocycles. The average Bonchev–Trinajstić information content (AvgIpc) is 3.18. The van der Waals surface area contributed by atoms with Crippen LogP contribution in [-0.2, 0) is 4.79 Å². The number of nitrogens with zero attached hydrogens (tertiary/aromatic N) is 2. The van der Waals surface area contributed by atoms with Crippen LogP contribution >= 0.6 is 11.3 Å². The van der Waals surface area contributed by atoms with Crippen LogP contribution in [0.4, 0.5) is 0 Å². The largest absolute Gasteiger partial charge is 0.338 e. The summed E-state index contributed by atoms with van der Waals surface area (Å²) in [6, 6.07) is 3.74. The molecule has 0 aliphatic carbocycles. The molecule has 0 aromatic carbocycles. The Kier molecular flexibility index (Phi) is 4.03. The Morgan fingerprint density at radius 1 is 1.20 bits per heavy atom. The Morgan fingerprint density at radius 2 is 1.95 bits per heavy atom. The fourth-order valence-electron chi connectivity index (χ4n) is 2.80. The van der Waals surface area contributed by atoms with Crippen LogP contribution in [0.5, 0.6) is 0 Å². The van der Waals surface area contributed by atoms with Crippen molar-refractivity contribution in [1.29, 1.82) is 0 Å². The van der Waals surface area contributed by atoms with Crippen LogP contribution in [-0.4, -0.2) is 60.4 Å². The molecule has 0 spiro atoms. The van der Waals surface area contributed by atoms with E-state index in [-0.39, 0.29) is 17.9 Å². The van der Waals surface area contributed by atoms with E-state index in [4.69, 9.17) is 0 Å². The molecule has 2 aliphatic rings. The molecule has 20 heavy (non-hydrogen) atoms. The number of carbonyl (C=O) groups excluding carboxylic acids is 2. The fraction of sp³-hybridized carbons (Fsp3) is 0.571. The van der Waals surface area contributed by atoms with Gasteiger partial charge in [-0.15, -0.1) is 11.3 Å². The first-order valence-corrected chi connectivity index (χ1v) is 7.98. The van der Waals surface area contributed by atoms with Crippen molar-refractivity contribution < 1.29 is 9.59 Å². The van der Waals surface area contributed by atoms with Gasteiger partial charge in [0.25, 0.3) is 5.91 Å². The number of amides is 2. The summed E-state index contributed by atoms with van der Waals surface area (Å²) in [7, 11) is 0. The molecule has 1 unspecified atom stereocenters. The van der Waals surface area contributed by atoms with E-state index in [0.29, 0.717) is 26.2 Å². The van der Waals surface area contributed by atoms with Crippen molar-refractivity contribution in [2.45, 2.75) is 18.9 Å². The highest BCUT2D eigenvalue weighted by molar-refractivity contribution is 7.12. The van der Waals surface area contributed by atoms with Gasteiger partial charge in [0.05, 0.1) is 10.9 Å². The van der Waals surface area contributed by atoms with Gasteiger partial charge in [0.1, 0.15) is 0 Å². The van der Waals surface area contributed by atoms with Crippen molar-refractivity contribution in [3.05, 3.63) is 22.4 Å². The molecule has 2 aliphatic heterocycles. The summed E-state index contributed by atoms with van der Waals surface area (Å²) in [4.78, 5) is 29.0. The molecule has 2 amide bonds. The van der Waals surface area contributed by atoms with Gasteiger partial charge in [0.2, 0.25) is 5.91 Å². The fourth-order valence-corrected chi connectivity index (χ4v) is 3.49.